The fourth-order valence-corrected chi connectivity index (χ4v) is 2.00. The van der Waals surface area contributed by atoms with Gasteiger partial charge in [0.15, 0.2) is 23.9 Å². The lowest BCUT2D eigenvalue weighted by atomic mass is 10.2. The fraction of sp³-hybridized carbons (Fsp3) is 0.417. The van der Waals surface area contributed by atoms with Gasteiger partial charge >= 0.3 is 5.79 Å². The molecule has 2 aliphatic heterocycles. The average molecular weight is 234 g/mol. The number of amidine groups is 1. The highest BCUT2D eigenvalue weighted by Gasteiger charge is 2.44. The van der Waals surface area contributed by atoms with Gasteiger partial charge in [-0.15, -0.1) is 0 Å². The fourth-order valence-electron chi connectivity index (χ4n) is 2.00. The van der Waals surface area contributed by atoms with Crippen LogP contribution in [0.25, 0.3) is 0 Å². The summed E-state index contributed by atoms with van der Waals surface area (Å²) in [6, 6.07) is 7.54. The molecule has 17 heavy (non-hydrogen) atoms. The molecule has 1 atom stereocenters. The van der Waals surface area contributed by atoms with Gasteiger partial charge in [0, 0.05) is 13.7 Å². The molecule has 1 aromatic rings. The van der Waals surface area contributed by atoms with Crippen molar-refractivity contribution in [1.29, 1.82) is 0 Å². The molecule has 5 nitrogen and oxygen atoms in total. The number of methoxy groups -OCH3 is 1. The number of ether oxygens (including phenoxy) is 3. The van der Waals surface area contributed by atoms with Gasteiger partial charge in [0.1, 0.15) is 0 Å². The number of nitrogens with zero attached hydrogens (tertiary/aromatic N) is 1. The van der Waals surface area contributed by atoms with Gasteiger partial charge in [-0.3, -0.25) is 4.99 Å². The molecule has 0 saturated heterocycles. The highest BCUT2D eigenvalue weighted by atomic mass is 16.7. The SMILES string of the molecule is CO[C@@]1(C2=NCCN2)COc2ccccc2O1. The minimum atomic E-state index is -0.940. The number of aliphatic imine (C=N–C) groups is 1. The Kier molecular flexibility index (Phi) is 2.40. The molecule has 0 spiro atoms. The largest absolute Gasteiger partial charge is 0.482 e. The average Bonchev–Trinajstić information content (AvgIpc) is 2.92. The van der Waals surface area contributed by atoms with Crippen LogP contribution in [0.3, 0.4) is 0 Å². The molecule has 2 aliphatic rings. The minimum Gasteiger partial charge on any atom is -0.482 e. The molecule has 0 fully saturated rings. The second kappa shape index (κ2) is 3.92. The van der Waals surface area contributed by atoms with Gasteiger partial charge in [-0.1, -0.05) is 12.1 Å². The van der Waals surface area contributed by atoms with Crippen LogP contribution in [0.1, 0.15) is 0 Å². The van der Waals surface area contributed by atoms with E-state index in [0.29, 0.717) is 18.2 Å². The van der Waals surface area contributed by atoms with Gasteiger partial charge in [0.25, 0.3) is 0 Å². The van der Waals surface area contributed by atoms with Crippen molar-refractivity contribution < 1.29 is 14.2 Å². The van der Waals surface area contributed by atoms with E-state index in [4.69, 9.17) is 14.2 Å². The Hall–Kier alpha value is -1.75. The molecule has 3 rings (SSSR count). The monoisotopic (exact) mass is 234 g/mol. The smallest absolute Gasteiger partial charge is 0.303 e. The van der Waals surface area contributed by atoms with Crippen molar-refractivity contribution in [2.75, 3.05) is 26.8 Å². The van der Waals surface area contributed by atoms with E-state index < -0.39 is 5.79 Å². The number of hydrogen-bond donors (Lipinski definition) is 1. The number of fused-ring (bicyclic) bond motifs is 1. The van der Waals surface area contributed by atoms with Crippen LogP contribution in [0.15, 0.2) is 29.3 Å². The summed E-state index contributed by atoms with van der Waals surface area (Å²) in [7, 11) is 1.60. The first-order chi connectivity index (χ1) is 8.34. The number of nitrogens with one attached hydrogen (secondary N) is 1. The van der Waals surface area contributed by atoms with Crippen molar-refractivity contribution in [2.45, 2.75) is 5.79 Å². The Labute approximate surface area is 99.4 Å². The highest BCUT2D eigenvalue weighted by molar-refractivity contribution is 5.91. The molecule has 0 unspecified atom stereocenters. The van der Waals surface area contributed by atoms with E-state index in [0.717, 1.165) is 18.8 Å². The predicted molar refractivity (Wildman–Crippen MR) is 62.6 cm³/mol. The van der Waals surface area contributed by atoms with E-state index in [2.05, 4.69) is 10.3 Å². The van der Waals surface area contributed by atoms with Crippen molar-refractivity contribution in [3.8, 4) is 11.5 Å². The van der Waals surface area contributed by atoms with Crippen LogP contribution in [-0.4, -0.2) is 38.4 Å². The molecule has 90 valence electrons. The van der Waals surface area contributed by atoms with Crippen LogP contribution in [-0.2, 0) is 4.74 Å². The molecule has 0 amide bonds. The van der Waals surface area contributed by atoms with Crippen molar-refractivity contribution >= 4 is 5.84 Å². The molecule has 0 aliphatic carbocycles. The zero-order valence-electron chi connectivity index (χ0n) is 9.60. The molecular weight excluding hydrogens is 220 g/mol. The zero-order chi connectivity index (χ0) is 11.7. The summed E-state index contributed by atoms with van der Waals surface area (Å²) >= 11 is 0. The van der Waals surface area contributed by atoms with E-state index >= 15 is 0 Å². The van der Waals surface area contributed by atoms with E-state index in [9.17, 15) is 0 Å². The molecule has 0 bridgehead atoms. The Balaban J connectivity index is 1.94. The summed E-state index contributed by atoms with van der Waals surface area (Å²) in [5.41, 5.74) is 0. The first kappa shape index (κ1) is 10.4. The lowest BCUT2D eigenvalue weighted by Gasteiger charge is -2.36. The first-order valence-corrected chi connectivity index (χ1v) is 5.59. The molecule has 0 radical (unpaired) electrons. The Morgan fingerprint density at radius 2 is 2.18 bits per heavy atom. The molecule has 0 saturated carbocycles. The lowest BCUT2D eigenvalue weighted by Crippen LogP contribution is -2.56. The van der Waals surface area contributed by atoms with E-state index in [1.54, 1.807) is 7.11 Å². The van der Waals surface area contributed by atoms with Crippen molar-refractivity contribution in [3.05, 3.63) is 24.3 Å². The Morgan fingerprint density at radius 1 is 1.35 bits per heavy atom. The quantitative estimate of drug-likeness (QED) is 0.822. The Morgan fingerprint density at radius 3 is 2.88 bits per heavy atom. The van der Waals surface area contributed by atoms with Crippen molar-refractivity contribution in [3.63, 3.8) is 0 Å². The summed E-state index contributed by atoms with van der Waals surface area (Å²) in [5, 5.41) is 3.17. The van der Waals surface area contributed by atoms with E-state index in [-0.39, 0.29) is 0 Å². The third-order valence-electron chi connectivity index (χ3n) is 2.91. The predicted octanol–water partition coefficient (Wildman–Crippen LogP) is 0.802. The summed E-state index contributed by atoms with van der Waals surface area (Å²) in [6.07, 6.45) is 0. The second-order valence-corrected chi connectivity index (χ2v) is 3.95. The minimum absolute atomic E-state index is 0.298. The van der Waals surface area contributed by atoms with Gasteiger partial charge in [0.2, 0.25) is 0 Å². The maximum atomic E-state index is 5.91. The van der Waals surface area contributed by atoms with Gasteiger partial charge in [-0.05, 0) is 12.1 Å². The van der Waals surface area contributed by atoms with Crippen LogP contribution < -0.4 is 14.8 Å². The summed E-state index contributed by atoms with van der Waals surface area (Å²) < 4.78 is 17.1. The maximum Gasteiger partial charge on any atom is 0.303 e. The molecule has 1 aromatic carbocycles. The number of hydrogen-bond acceptors (Lipinski definition) is 5. The van der Waals surface area contributed by atoms with Crippen LogP contribution in [0.4, 0.5) is 0 Å². The summed E-state index contributed by atoms with van der Waals surface area (Å²) in [5.74, 6) is 1.18. The summed E-state index contributed by atoms with van der Waals surface area (Å²) in [4.78, 5) is 4.35. The van der Waals surface area contributed by atoms with E-state index in [1.165, 1.54) is 0 Å². The number of rotatable bonds is 2. The first-order valence-electron chi connectivity index (χ1n) is 5.59. The molecule has 2 heterocycles. The van der Waals surface area contributed by atoms with Crippen LogP contribution in [0, 0.1) is 0 Å². The zero-order valence-corrected chi connectivity index (χ0v) is 9.60. The van der Waals surface area contributed by atoms with Gasteiger partial charge in [-0.25, -0.2) is 0 Å². The highest BCUT2D eigenvalue weighted by Crippen LogP contribution is 2.35. The third-order valence-corrected chi connectivity index (χ3v) is 2.91. The lowest BCUT2D eigenvalue weighted by molar-refractivity contribution is -0.145. The molecular formula is C12H14N2O3. The van der Waals surface area contributed by atoms with Crippen LogP contribution in [0.5, 0.6) is 11.5 Å². The Bertz CT molecular complexity index is 461. The van der Waals surface area contributed by atoms with Crippen molar-refractivity contribution in [2.24, 2.45) is 4.99 Å². The van der Waals surface area contributed by atoms with Crippen molar-refractivity contribution in [1.82, 2.24) is 5.32 Å². The van der Waals surface area contributed by atoms with Gasteiger partial charge in [0.05, 0.1) is 6.54 Å². The number of para-hydroxylation sites is 2. The molecule has 1 N–H and O–H groups in total. The number of benzene rings is 1. The van der Waals surface area contributed by atoms with Gasteiger partial charge in [-0.2, -0.15) is 0 Å². The molecule has 0 aromatic heterocycles. The standard InChI is InChI=1S/C12H14N2O3/c1-15-12(11-13-6-7-14-11)8-16-9-4-2-3-5-10(9)17-12/h2-5H,6-8H2,1H3,(H,13,14)/t12-/m0/s1. The second-order valence-electron chi connectivity index (χ2n) is 3.95. The molecule has 5 heteroatoms. The maximum absolute atomic E-state index is 5.91. The van der Waals surface area contributed by atoms with Gasteiger partial charge < -0.3 is 19.5 Å². The summed E-state index contributed by atoms with van der Waals surface area (Å²) in [6.45, 7) is 1.85. The third kappa shape index (κ3) is 1.63. The van der Waals surface area contributed by atoms with E-state index in [1.807, 2.05) is 24.3 Å². The topological polar surface area (TPSA) is 52.1 Å². The van der Waals surface area contributed by atoms with Crippen LogP contribution >= 0.6 is 0 Å². The normalized spacial score (nSPS) is 26.3. The van der Waals surface area contributed by atoms with Crippen LogP contribution in [0.2, 0.25) is 0 Å².